The molecule has 0 saturated heterocycles. The lowest BCUT2D eigenvalue weighted by atomic mass is 10.1. The second-order valence-electron chi connectivity index (χ2n) is 4.00. The van der Waals surface area contributed by atoms with Gasteiger partial charge in [-0.05, 0) is 35.4 Å². The van der Waals surface area contributed by atoms with E-state index in [0.717, 1.165) is 22.6 Å². The molecular formula is C15H11FO2. The first kappa shape index (κ1) is 10.8. The van der Waals surface area contributed by atoms with E-state index in [4.69, 9.17) is 9.47 Å². The summed E-state index contributed by atoms with van der Waals surface area (Å²) in [5.41, 5.74) is 1.82. The smallest absolute Gasteiger partial charge is 0.231 e. The quantitative estimate of drug-likeness (QED) is 0.747. The van der Waals surface area contributed by atoms with Crippen LogP contribution in [0.1, 0.15) is 11.1 Å². The van der Waals surface area contributed by atoms with Crippen molar-refractivity contribution in [1.82, 2.24) is 0 Å². The second kappa shape index (κ2) is 4.53. The van der Waals surface area contributed by atoms with Gasteiger partial charge in [0.05, 0.1) is 0 Å². The first-order chi connectivity index (χ1) is 8.81. The normalized spacial score (nSPS) is 13.2. The molecular weight excluding hydrogens is 231 g/mol. The molecule has 2 aromatic rings. The Hall–Kier alpha value is -2.29. The first-order valence-corrected chi connectivity index (χ1v) is 5.64. The van der Waals surface area contributed by atoms with E-state index in [1.165, 1.54) is 12.1 Å². The third-order valence-corrected chi connectivity index (χ3v) is 2.71. The summed E-state index contributed by atoms with van der Waals surface area (Å²) in [7, 11) is 0. The van der Waals surface area contributed by atoms with Crippen LogP contribution < -0.4 is 9.47 Å². The summed E-state index contributed by atoms with van der Waals surface area (Å²) in [6.45, 7) is 0.270. The minimum Gasteiger partial charge on any atom is -0.454 e. The highest BCUT2D eigenvalue weighted by atomic mass is 19.1. The molecule has 0 fully saturated rings. The summed E-state index contributed by atoms with van der Waals surface area (Å²) in [6, 6.07) is 12.2. The van der Waals surface area contributed by atoms with Crippen LogP contribution in [0.25, 0.3) is 12.2 Å². The van der Waals surface area contributed by atoms with Gasteiger partial charge >= 0.3 is 0 Å². The van der Waals surface area contributed by atoms with Gasteiger partial charge in [-0.3, -0.25) is 0 Å². The van der Waals surface area contributed by atoms with Crippen LogP contribution in [-0.2, 0) is 0 Å². The van der Waals surface area contributed by atoms with E-state index < -0.39 is 0 Å². The summed E-state index contributed by atoms with van der Waals surface area (Å²) < 4.78 is 23.5. The van der Waals surface area contributed by atoms with Gasteiger partial charge in [0.1, 0.15) is 5.82 Å². The summed E-state index contributed by atoms with van der Waals surface area (Å²) in [5, 5.41) is 0. The molecule has 0 aromatic heterocycles. The van der Waals surface area contributed by atoms with E-state index in [2.05, 4.69) is 0 Å². The van der Waals surface area contributed by atoms with Crippen LogP contribution in [0.3, 0.4) is 0 Å². The predicted octanol–water partition coefficient (Wildman–Crippen LogP) is 3.72. The third-order valence-electron chi connectivity index (χ3n) is 2.71. The molecule has 1 heterocycles. The van der Waals surface area contributed by atoms with E-state index >= 15 is 0 Å². The average molecular weight is 242 g/mol. The highest BCUT2D eigenvalue weighted by Gasteiger charge is 2.11. The average Bonchev–Trinajstić information content (AvgIpc) is 2.84. The molecule has 0 saturated carbocycles. The molecule has 0 radical (unpaired) electrons. The Bertz CT molecular complexity index is 605. The Morgan fingerprint density at radius 3 is 2.50 bits per heavy atom. The van der Waals surface area contributed by atoms with Gasteiger partial charge in [0.15, 0.2) is 11.5 Å². The van der Waals surface area contributed by atoms with Crippen molar-refractivity contribution in [2.24, 2.45) is 0 Å². The molecule has 2 nitrogen and oxygen atoms in total. The van der Waals surface area contributed by atoms with Crippen molar-refractivity contribution in [3.8, 4) is 11.5 Å². The van der Waals surface area contributed by atoms with Gasteiger partial charge in [-0.25, -0.2) is 4.39 Å². The minimum absolute atomic E-state index is 0.233. The zero-order valence-corrected chi connectivity index (χ0v) is 9.60. The molecule has 0 amide bonds. The van der Waals surface area contributed by atoms with Gasteiger partial charge in [0.25, 0.3) is 0 Å². The first-order valence-electron chi connectivity index (χ1n) is 5.64. The molecule has 18 heavy (non-hydrogen) atoms. The minimum atomic E-state index is -0.233. The van der Waals surface area contributed by atoms with Crippen LogP contribution in [0.5, 0.6) is 11.5 Å². The SMILES string of the molecule is Fc1cccc(/C=C/c2ccc3c(c2)OCO3)c1. The second-order valence-corrected chi connectivity index (χ2v) is 4.00. The number of hydrogen-bond acceptors (Lipinski definition) is 2. The van der Waals surface area contributed by atoms with Gasteiger partial charge in [0, 0.05) is 0 Å². The lowest BCUT2D eigenvalue weighted by molar-refractivity contribution is 0.174. The predicted molar refractivity (Wildman–Crippen MR) is 67.9 cm³/mol. The molecule has 2 aromatic carbocycles. The van der Waals surface area contributed by atoms with E-state index in [1.54, 1.807) is 6.07 Å². The standard InChI is InChI=1S/C15H11FO2/c16-13-3-1-2-11(8-13)4-5-12-6-7-14-15(9-12)18-10-17-14/h1-9H,10H2/b5-4+. The fourth-order valence-electron chi connectivity index (χ4n) is 1.82. The number of rotatable bonds is 2. The Morgan fingerprint density at radius 1 is 0.889 bits per heavy atom. The van der Waals surface area contributed by atoms with Crippen LogP contribution in [0.4, 0.5) is 4.39 Å². The van der Waals surface area contributed by atoms with Gasteiger partial charge < -0.3 is 9.47 Å². The van der Waals surface area contributed by atoms with E-state index in [0.29, 0.717) is 0 Å². The lowest BCUT2D eigenvalue weighted by Gasteiger charge is -1.98. The molecule has 0 atom stereocenters. The van der Waals surface area contributed by atoms with Crippen LogP contribution in [0.2, 0.25) is 0 Å². The maximum Gasteiger partial charge on any atom is 0.231 e. The van der Waals surface area contributed by atoms with Crippen molar-refractivity contribution in [3.63, 3.8) is 0 Å². The van der Waals surface area contributed by atoms with E-state index in [9.17, 15) is 4.39 Å². The van der Waals surface area contributed by atoms with Gasteiger partial charge in [-0.15, -0.1) is 0 Å². The third kappa shape index (κ3) is 2.20. The Morgan fingerprint density at radius 2 is 1.67 bits per heavy atom. The fourth-order valence-corrected chi connectivity index (χ4v) is 1.82. The van der Waals surface area contributed by atoms with Crippen LogP contribution in [-0.4, -0.2) is 6.79 Å². The van der Waals surface area contributed by atoms with Gasteiger partial charge in [-0.1, -0.05) is 30.4 Å². The largest absolute Gasteiger partial charge is 0.454 e. The van der Waals surface area contributed by atoms with Crippen LogP contribution in [0, 0.1) is 5.82 Å². The Balaban J connectivity index is 1.84. The molecule has 3 heteroatoms. The summed E-state index contributed by atoms with van der Waals surface area (Å²) in [4.78, 5) is 0. The molecule has 0 N–H and O–H groups in total. The molecule has 0 unspecified atom stereocenters. The zero-order valence-electron chi connectivity index (χ0n) is 9.60. The summed E-state index contributed by atoms with van der Waals surface area (Å²) in [6.07, 6.45) is 3.78. The van der Waals surface area contributed by atoms with Crippen molar-refractivity contribution in [1.29, 1.82) is 0 Å². The van der Waals surface area contributed by atoms with Crippen molar-refractivity contribution in [3.05, 3.63) is 59.4 Å². The maximum absolute atomic E-state index is 13.0. The summed E-state index contributed by atoms with van der Waals surface area (Å²) >= 11 is 0. The molecule has 0 aliphatic carbocycles. The van der Waals surface area contributed by atoms with E-state index in [1.807, 2.05) is 36.4 Å². The molecule has 90 valence electrons. The number of benzene rings is 2. The van der Waals surface area contributed by atoms with Crippen molar-refractivity contribution < 1.29 is 13.9 Å². The number of fused-ring (bicyclic) bond motifs is 1. The maximum atomic E-state index is 13.0. The topological polar surface area (TPSA) is 18.5 Å². The van der Waals surface area contributed by atoms with Crippen LogP contribution in [0.15, 0.2) is 42.5 Å². The highest BCUT2D eigenvalue weighted by molar-refractivity contribution is 5.71. The van der Waals surface area contributed by atoms with Crippen molar-refractivity contribution in [2.75, 3.05) is 6.79 Å². The number of hydrogen-bond donors (Lipinski definition) is 0. The number of ether oxygens (including phenoxy) is 2. The highest BCUT2D eigenvalue weighted by Crippen LogP contribution is 2.32. The zero-order chi connectivity index (χ0) is 12.4. The van der Waals surface area contributed by atoms with Gasteiger partial charge in [0.2, 0.25) is 6.79 Å². The Kier molecular flexibility index (Phi) is 2.73. The van der Waals surface area contributed by atoms with Gasteiger partial charge in [-0.2, -0.15) is 0 Å². The van der Waals surface area contributed by atoms with Crippen molar-refractivity contribution >= 4 is 12.2 Å². The Labute approximate surface area is 104 Å². The van der Waals surface area contributed by atoms with E-state index in [-0.39, 0.29) is 12.6 Å². The number of halogens is 1. The lowest BCUT2D eigenvalue weighted by Crippen LogP contribution is -1.92. The fraction of sp³-hybridized carbons (Fsp3) is 0.0667. The van der Waals surface area contributed by atoms with Crippen LogP contribution >= 0.6 is 0 Å². The molecule has 0 bridgehead atoms. The van der Waals surface area contributed by atoms with Crippen molar-refractivity contribution in [2.45, 2.75) is 0 Å². The molecule has 0 spiro atoms. The molecule has 1 aliphatic heterocycles. The molecule has 3 rings (SSSR count). The molecule has 1 aliphatic rings. The monoisotopic (exact) mass is 242 g/mol. The summed E-state index contributed by atoms with van der Waals surface area (Å²) in [5.74, 6) is 1.28.